The Balaban J connectivity index is 1.39. The van der Waals surface area contributed by atoms with Crippen LogP contribution in [0, 0.1) is 0 Å². The molecule has 1 aromatic heterocycles. The van der Waals surface area contributed by atoms with Crippen LogP contribution in [-0.2, 0) is 0 Å². The summed E-state index contributed by atoms with van der Waals surface area (Å²) >= 11 is 13.1. The quantitative estimate of drug-likeness (QED) is 0.537. The zero-order chi connectivity index (χ0) is 24.8. The lowest BCUT2D eigenvalue weighted by molar-refractivity contribution is 0.0974. The first kappa shape index (κ1) is 23.0. The van der Waals surface area contributed by atoms with Crippen LogP contribution >= 0.6 is 23.2 Å². The molecule has 0 bridgehead atoms. The number of hydrogen-bond acceptors (Lipinski definition) is 8. The summed E-state index contributed by atoms with van der Waals surface area (Å²) in [5.41, 5.74) is 3.19. The van der Waals surface area contributed by atoms with E-state index in [0.29, 0.717) is 57.7 Å². The van der Waals surface area contributed by atoms with Gasteiger partial charge < -0.3 is 15.1 Å². The Bertz CT molecular complexity index is 1350. The Hall–Kier alpha value is -3.40. The molecule has 1 fully saturated rings. The number of rotatable bonds is 4. The Morgan fingerprint density at radius 3 is 2.36 bits per heavy atom. The van der Waals surface area contributed by atoms with E-state index in [4.69, 9.17) is 33.2 Å². The predicted molar refractivity (Wildman–Crippen MR) is 144 cm³/mol. The highest BCUT2D eigenvalue weighted by molar-refractivity contribution is 6.39. The molecule has 3 aliphatic heterocycles. The second kappa shape index (κ2) is 9.24. The third-order valence-electron chi connectivity index (χ3n) is 6.63. The number of hydrogen-bond donors (Lipinski definition) is 2. The minimum atomic E-state index is -0.337. The Morgan fingerprint density at radius 1 is 0.917 bits per heavy atom. The van der Waals surface area contributed by atoms with Crippen LogP contribution in [0.4, 0.5) is 23.1 Å². The molecular weight excluding hydrogens is 499 g/mol. The molecule has 4 heterocycles. The van der Waals surface area contributed by atoms with Crippen LogP contribution in [0.15, 0.2) is 47.5 Å². The van der Waals surface area contributed by atoms with Gasteiger partial charge in [0, 0.05) is 49.7 Å². The van der Waals surface area contributed by atoms with Crippen LogP contribution in [0.1, 0.15) is 10.4 Å². The summed E-state index contributed by atoms with van der Waals surface area (Å²) in [6.45, 7) is 5.27. The number of halogens is 2. The molecule has 1 saturated heterocycles. The molecule has 1 amide bonds. The van der Waals surface area contributed by atoms with Gasteiger partial charge in [-0.2, -0.15) is 4.98 Å². The zero-order valence-corrected chi connectivity index (χ0v) is 21.1. The summed E-state index contributed by atoms with van der Waals surface area (Å²) in [7, 11) is 2.15. The second-order valence-electron chi connectivity index (χ2n) is 8.96. The van der Waals surface area contributed by atoms with E-state index in [0.717, 1.165) is 31.9 Å². The number of anilines is 4. The normalized spacial score (nSPS) is 17.4. The highest BCUT2D eigenvalue weighted by Crippen LogP contribution is 2.40. The predicted octanol–water partition coefficient (Wildman–Crippen LogP) is 3.87. The minimum Gasteiger partial charge on any atom is -0.369 e. The number of nitrogens with one attached hydrogen (secondary N) is 2. The van der Waals surface area contributed by atoms with Crippen molar-refractivity contribution in [3.63, 3.8) is 0 Å². The Kier molecular flexibility index (Phi) is 5.91. The summed E-state index contributed by atoms with van der Waals surface area (Å²) in [5, 5.41) is 6.94. The molecule has 3 aromatic rings. The van der Waals surface area contributed by atoms with Crippen LogP contribution in [0.25, 0.3) is 11.3 Å². The van der Waals surface area contributed by atoms with Gasteiger partial charge in [0.15, 0.2) is 5.82 Å². The SMILES string of the molecule is CN1CCN(c2ccc(Nc3nc(-c4c(Cl)cccc4Cl)c4c(n3)N3CCN=C3NC4=O)cc2)CC1. The van der Waals surface area contributed by atoms with Crippen molar-refractivity contribution in [3.05, 3.63) is 58.1 Å². The van der Waals surface area contributed by atoms with Gasteiger partial charge in [-0.05, 0) is 43.4 Å². The molecule has 2 aromatic carbocycles. The molecule has 0 saturated carbocycles. The van der Waals surface area contributed by atoms with Crippen LogP contribution < -0.4 is 20.4 Å². The van der Waals surface area contributed by atoms with Crippen LogP contribution in [0.2, 0.25) is 10.0 Å². The molecule has 2 N–H and O–H groups in total. The molecule has 9 nitrogen and oxygen atoms in total. The largest absolute Gasteiger partial charge is 0.369 e. The van der Waals surface area contributed by atoms with Crippen molar-refractivity contribution in [3.8, 4) is 11.3 Å². The second-order valence-corrected chi connectivity index (χ2v) is 9.78. The smallest absolute Gasteiger partial charge is 0.263 e. The summed E-state index contributed by atoms with van der Waals surface area (Å²) in [4.78, 5) is 33.5. The number of amides is 1. The molecule has 3 aliphatic rings. The molecule has 184 valence electrons. The lowest BCUT2D eigenvalue weighted by atomic mass is 10.0. The van der Waals surface area contributed by atoms with Gasteiger partial charge >= 0.3 is 0 Å². The molecule has 0 aliphatic carbocycles. The maximum absolute atomic E-state index is 13.1. The van der Waals surface area contributed by atoms with Crippen LogP contribution in [-0.4, -0.2) is 73.1 Å². The van der Waals surface area contributed by atoms with E-state index in [2.05, 4.69) is 44.6 Å². The van der Waals surface area contributed by atoms with Crippen LogP contribution in [0.3, 0.4) is 0 Å². The lowest BCUT2D eigenvalue weighted by Gasteiger charge is -2.34. The van der Waals surface area contributed by atoms with Crippen molar-refractivity contribution in [1.29, 1.82) is 0 Å². The van der Waals surface area contributed by atoms with Crippen molar-refractivity contribution >= 4 is 58.2 Å². The topological polar surface area (TPSA) is 89.0 Å². The van der Waals surface area contributed by atoms with Gasteiger partial charge in [-0.25, -0.2) is 4.98 Å². The number of carbonyl (C=O) groups is 1. The summed E-state index contributed by atoms with van der Waals surface area (Å²) in [5.74, 6) is 0.974. The molecule has 0 unspecified atom stereocenters. The molecule has 0 atom stereocenters. The molecular formula is C25H24Cl2N8O. The highest BCUT2D eigenvalue weighted by Gasteiger charge is 2.36. The van der Waals surface area contributed by atoms with Gasteiger partial charge in [0.2, 0.25) is 11.9 Å². The molecule has 0 radical (unpaired) electrons. The zero-order valence-electron chi connectivity index (χ0n) is 19.6. The Morgan fingerprint density at radius 2 is 1.64 bits per heavy atom. The van der Waals surface area contributed by atoms with Crippen LogP contribution in [0.5, 0.6) is 0 Å². The van der Waals surface area contributed by atoms with Gasteiger partial charge in [-0.3, -0.25) is 20.0 Å². The van der Waals surface area contributed by atoms with Crippen molar-refractivity contribution in [1.82, 2.24) is 20.2 Å². The number of fused-ring (bicyclic) bond motifs is 3. The number of aromatic nitrogens is 2. The van der Waals surface area contributed by atoms with Gasteiger partial charge in [0.25, 0.3) is 5.91 Å². The fourth-order valence-corrected chi connectivity index (χ4v) is 5.26. The van der Waals surface area contributed by atoms with E-state index in [-0.39, 0.29) is 5.91 Å². The van der Waals surface area contributed by atoms with Gasteiger partial charge in [0.05, 0.1) is 22.3 Å². The van der Waals surface area contributed by atoms with Crippen molar-refractivity contribution in [2.75, 3.05) is 61.4 Å². The monoisotopic (exact) mass is 522 g/mol. The van der Waals surface area contributed by atoms with Crippen molar-refractivity contribution in [2.45, 2.75) is 0 Å². The van der Waals surface area contributed by atoms with E-state index < -0.39 is 0 Å². The molecule has 6 rings (SSSR count). The molecule has 36 heavy (non-hydrogen) atoms. The number of aliphatic imine (C=N–C) groups is 1. The number of piperazine rings is 1. The third kappa shape index (κ3) is 4.13. The highest BCUT2D eigenvalue weighted by atomic mass is 35.5. The van der Waals surface area contributed by atoms with Crippen molar-refractivity contribution < 1.29 is 4.79 Å². The van der Waals surface area contributed by atoms with Gasteiger partial charge in [0.1, 0.15) is 5.56 Å². The Labute approximate surface area is 218 Å². The van der Waals surface area contributed by atoms with E-state index in [1.807, 2.05) is 17.0 Å². The third-order valence-corrected chi connectivity index (χ3v) is 7.26. The van der Waals surface area contributed by atoms with E-state index in [1.54, 1.807) is 18.2 Å². The lowest BCUT2D eigenvalue weighted by Crippen LogP contribution is -2.48. The fraction of sp³-hybridized carbons (Fsp3) is 0.280. The standard InChI is InChI=1S/C25H24Cl2N8O/c1-33-11-13-34(14-12-33)16-7-5-15(6-8-16)29-24-30-21(19-17(26)3-2-4-18(19)27)20-22(31-24)35-10-9-28-25(35)32-23(20)36/h2-8H,9-14H2,1H3,(H,28,32,36)(H,29,30,31). The minimum absolute atomic E-state index is 0.321. The summed E-state index contributed by atoms with van der Waals surface area (Å²) in [6, 6.07) is 13.4. The fourth-order valence-electron chi connectivity index (χ4n) is 4.69. The maximum Gasteiger partial charge on any atom is 0.263 e. The van der Waals surface area contributed by atoms with E-state index >= 15 is 0 Å². The van der Waals surface area contributed by atoms with Gasteiger partial charge in [-0.1, -0.05) is 29.3 Å². The van der Waals surface area contributed by atoms with Crippen molar-refractivity contribution in [2.24, 2.45) is 4.99 Å². The average Bonchev–Trinajstić information content (AvgIpc) is 3.34. The first-order valence-corrected chi connectivity index (χ1v) is 12.5. The number of likely N-dealkylation sites (N-methyl/N-ethyl adjacent to an activating group) is 1. The molecule has 11 heteroatoms. The van der Waals surface area contributed by atoms with E-state index in [9.17, 15) is 4.79 Å². The number of guanidine groups is 1. The average molecular weight is 523 g/mol. The van der Waals surface area contributed by atoms with Gasteiger partial charge in [-0.15, -0.1) is 0 Å². The number of benzene rings is 2. The summed E-state index contributed by atoms with van der Waals surface area (Å²) in [6.07, 6.45) is 0. The molecule has 0 spiro atoms. The van der Waals surface area contributed by atoms with E-state index in [1.165, 1.54) is 5.69 Å². The first-order chi connectivity index (χ1) is 17.5. The summed E-state index contributed by atoms with van der Waals surface area (Å²) < 4.78 is 0. The number of nitrogens with zero attached hydrogens (tertiary/aromatic N) is 6. The maximum atomic E-state index is 13.1. The first-order valence-electron chi connectivity index (χ1n) is 11.8. The number of carbonyl (C=O) groups excluding carboxylic acids is 1.